The largest absolute Gasteiger partial charge is 0.331 e. The van der Waals surface area contributed by atoms with Crippen LogP contribution in [0.15, 0.2) is 65.4 Å². The smallest absolute Gasteiger partial charge is 0.216 e. The van der Waals surface area contributed by atoms with Gasteiger partial charge in [0.25, 0.3) is 0 Å². The highest BCUT2D eigenvalue weighted by Gasteiger charge is 2.35. The Morgan fingerprint density at radius 1 is 1.10 bits per heavy atom. The first-order valence-electron chi connectivity index (χ1n) is 11.2. The molecule has 3 aliphatic rings. The molecule has 2 aliphatic heterocycles. The van der Waals surface area contributed by atoms with Crippen LogP contribution in [0.2, 0.25) is 0 Å². The average Bonchev–Trinajstić information content (AvgIpc) is 3.23. The minimum absolute atomic E-state index is 0.0787. The first-order valence-corrected chi connectivity index (χ1v) is 11.2. The highest BCUT2D eigenvalue weighted by atomic mass is 15.5. The summed E-state index contributed by atoms with van der Waals surface area (Å²) in [5.41, 5.74) is 4.82. The fraction of sp³-hybridized carbons (Fsp3) is 0.375. The molecular weight excluding hydrogens is 386 g/mol. The van der Waals surface area contributed by atoms with E-state index in [0.29, 0.717) is 6.67 Å². The molecule has 0 bridgehead atoms. The molecule has 0 amide bonds. The van der Waals surface area contributed by atoms with E-state index in [9.17, 15) is 0 Å². The number of para-hydroxylation sites is 2. The molecular formula is C24H27N7. The highest BCUT2D eigenvalue weighted by molar-refractivity contribution is 5.98. The van der Waals surface area contributed by atoms with Gasteiger partial charge in [0, 0.05) is 24.5 Å². The summed E-state index contributed by atoms with van der Waals surface area (Å²) in [6.45, 7) is 2.54. The molecule has 1 aliphatic carbocycles. The van der Waals surface area contributed by atoms with Crippen molar-refractivity contribution < 1.29 is 0 Å². The average molecular weight is 414 g/mol. The Kier molecular flexibility index (Phi) is 4.68. The van der Waals surface area contributed by atoms with E-state index in [2.05, 4.69) is 55.0 Å². The summed E-state index contributed by atoms with van der Waals surface area (Å²) in [5, 5.41) is 3.65. The summed E-state index contributed by atoms with van der Waals surface area (Å²) in [5.74, 6) is 1.83. The molecule has 158 valence electrons. The molecule has 3 aromatic rings. The number of hydrogen-bond donors (Lipinski definition) is 1. The lowest BCUT2D eigenvalue weighted by molar-refractivity contribution is 0.273. The molecule has 7 nitrogen and oxygen atoms in total. The minimum atomic E-state index is -0.0787. The van der Waals surface area contributed by atoms with E-state index in [0.717, 1.165) is 48.1 Å². The predicted octanol–water partition coefficient (Wildman–Crippen LogP) is 3.86. The minimum Gasteiger partial charge on any atom is -0.331 e. The Bertz CT molecular complexity index is 1150. The number of imidazole rings is 1. The molecule has 0 fully saturated rings. The van der Waals surface area contributed by atoms with E-state index in [4.69, 9.17) is 9.98 Å². The Morgan fingerprint density at radius 3 is 2.94 bits per heavy atom. The second-order valence-corrected chi connectivity index (χ2v) is 8.55. The topological polar surface area (TPSA) is 61.6 Å². The zero-order valence-corrected chi connectivity index (χ0v) is 17.6. The summed E-state index contributed by atoms with van der Waals surface area (Å²) in [7, 11) is 0. The second kappa shape index (κ2) is 7.81. The van der Waals surface area contributed by atoms with Crippen molar-refractivity contribution in [1.29, 1.82) is 0 Å². The van der Waals surface area contributed by atoms with Gasteiger partial charge in [-0.05, 0) is 50.3 Å². The van der Waals surface area contributed by atoms with Crippen molar-refractivity contribution >= 4 is 22.9 Å². The van der Waals surface area contributed by atoms with Crippen LogP contribution in [0.1, 0.15) is 43.8 Å². The molecule has 7 heteroatoms. The van der Waals surface area contributed by atoms with Gasteiger partial charge in [-0.3, -0.25) is 19.4 Å². The van der Waals surface area contributed by atoms with Gasteiger partial charge in [-0.1, -0.05) is 29.8 Å². The number of nitrogens with zero attached hydrogens (tertiary/aromatic N) is 6. The number of nitrogens with one attached hydrogen (secondary N) is 1. The fourth-order valence-electron chi connectivity index (χ4n) is 4.85. The number of benzene rings is 1. The SMILES string of the molecule is C1=C(CCN2CN=C3N[C@@H](c4cccnc4)n4c(nc5ccccc54)N3C2)CCCC1. The number of allylic oxidation sites excluding steroid dienone is 1. The lowest BCUT2D eigenvalue weighted by Gasteiger charge is -2.41. The zero-order chi connectivity index (χ0) is 20.6. The molecule has 0 unspecified atom stereocenters. The third-order valence-corrected chi connectivity index (χ3v) is 6.49. The number of anilines is 1. The van der Waals surface area contributed by atoms with Gasteiger partial charge >= 0.3 is 0 Å². The maximum absolute atomic E-state index is 5.01. The van der Waals surface area contributed by atoms with E-state index in [1.807, 2.05) is 24.5 Å². The molecule has 0 saturated carbocycles. The van der Waals surface area contributed by atoms with Crippen LogP contribution in [0.4, 0.5) is 5.95 Å². The van der Waals surface area contributed by atoms with E-state index < -0.39 is 0 Å². The summed E-state index contributed by atoms with van der Waals surface area (Å²) < 4.78 is 2.28. The fourth-order valence-corrected chi connectivity index (χ4v) is 4.85. The molecule has 1 N–H and O–H groups in total. The number of hydrogen-bond acceptors (Lipinski definition) is 6. The molecule has 2 aromatic heterocycles. The van der Waals surface area contributed by atoms with Crippen LogP contribution in [-0.4, -0.2) is 45.3 Å². The van der Waals surface area contributed by atoms with Crippen molar-refractivity contribution in [3.63, 3.8) is 0 Å². The van der Waals surface area contributed by atoms with E-state index in [1.54, 1.807) is 5.57 Å². The lowest BCUT2D eigenvalue weighted by Crippen LogP contribution is -2.57. The second-order valence-electron chi connectivity index (χ2n) is 8.55. The number of rotatable bonds is 4. The van der Waals surface area contributed by atoms with Crippen molar-refractivity contribution in [2.45, 2.75) is 38.3 Å². The standard InChI is InChI=1S/C24H27N7/c1-2-7-18(8-3-1)12-14-29-16-26-23-28-22(19-9-6-13-25-15-19)31-21-11-5-4-10-20(21)27-24(31)30(23)17-29/h4-7,9-11,13,15,22H,1-3,8,12,14,16-17H2,(H,26,28)/t22-/m1/s1. The van der Waals surface area contributed by atoms with Gasteiger partial charge in [-0.15, -0.1) is 0 Å². The van der Waals surface area contributed by atoms with Gasteiger partial charge in [0.15, 0.2) is 0 Å². The quantitative estimate of drug-likeness (QED) is 0.658. The van der Waals surface area contributed by atoms with E-state index >= 15 is 0 Å². The molecule has 1 aromatic carbocycles. The number of guanidine groups is 1. The zero-order valence-electron chi connectivity index (χ0n) is 17.6. The monoisotopic (exact) mass is 413 g/mol. The van der Waals surface area contributed by atoms with Crippen LogP contribution in [-0.2, 0) is 0 Å². The molecule has 0 spiro atoms. The van der Waals surface area contributed by atoms with Crippen LogP contribution in [0, 0.1) is 0 Å². The number of aromatic nitrogens is 3. The summed E-state index contributed by atoms with van der Waals surface area (Å²) in [4.78, 5) is 18.9. The van der Waals surface area contributed by atoms with Crippen molar-refractivity contribution in [1.82, 2.24) is 24.8 Å². The van der Waals surface area contributed by atoms with Crippen molar-refractivity contribution in [3.05, 3.63) is 66.0 Å². The number of aliphatic imine (C=N–C) groups is 1. The highest BCUT2D eigenvalue weighted by Crippen LogP contribution is 2.33. The van der Waals surface area contributed by atoms with Gasteiger partial charge in [-0.25, -0.2) is 9.98 Å². The third kappa shape index (κ3) is 3.39. The van der Waals surface area contributed by atoms with Gasteiger partial charge in [-0.2, -0.15) is 0 Å². The first kappa shape index (κ1) is 18.6. The van der Waals surface area contributed by atoms with Gasteiger partial charge in [0.2, 0.25) is 11.9 Å². The van der Waals surface area contributed by atoms with Crippen molar-refractivity contribution in [3.8, 4) is 0 Å². The first-order chi connectivity index (χ1) is 15.4. The maximum Gasteiger partial charge on any atom is 0.216 e. The summed E-state index contributed by atoms with van der Waals surface area (Å²) in [6.07, 6.45) is 12.4. The summed E-state index contributed by atoms with van der Waals surface area (Å²) in [6, 6.07) is 12.4. The molecule has 31 heavy (non-hydrogen) atoms. The van der Waals surface area contributed by atoms with Crippen molar-refractivity contribution in [2.24, 2.45) is 4.99 Å². The van der Waals surface area contributed by atoms with Gasteiger partial charge in [0.05, 0.1) is 24.4 Å². The van der Waals surface area contributed by atoms with Gasteiger partial charge < -0.3 is 5.32 Å². The van der Waals surface area contributed by atoms with Crippen LogP contribution < -0.4 is 10.2 Å². The molecule has 0 radical (unpaired) electrons. The number of fused-ring (bicyclic) bond motifs is 5. The Balaban J connectivity index is 1.33. The Hall–Kier alpha value is -3.19. The normalized spacial score (nSPS) is 21.2. The number of pyridine rings is 1. The Labute approximate surface area is 182 Å². The molecule has 4 heterocycles. The van der Waals surface area contributed by atoms with Gasteiger partial charge in [0.1, 0.15) is 6.17 Å². The van der Waals surface area contributed by atoms with Crippen LogP contribution in [0.5, 0.6) is 0 Å². The predicted molar refractivity (Wildman–Crippen MR) is 123 cm³/mol. The van der Waals surface area contributed by atoms with E-state index in [1.165, 1.54) is 25.7 Å². The van der Waals surface area contributed by atoms with Crippen molar-refractivity contribution in [2.75, 3.05) is 24.8 Å². The van der Waals surface area contributed by atoms with Crippen LogP contribution >= 0.6 is 0 Å². The summed E-state index contributed by atoms with van der Waals surface area (Å²) >= 11 is 0. The van der Waals surface area contributed by atoms with Crippen LogP contribution in [0.25, 0.3) is 11.0 Å². The molecule has 6 rings (SSSR count). The molecule has 1 atom stereocenters. The van der Waals surface area contributed by atoms with Crippen LogP contribution in [0.3, 0.4) is 0 Å². The third-order valence-electron chi connectivity index (χ3n) is 6.49. The lowest BCUT2D eigenvalue weighted by atomic mass is 9.97. The van der Waals surface area contributed by atoms with E-state index in [-0.39, 0.29) is 6.17 Å². The Morgan fingerprint density at radius 2 is 2.06 bits per heavy atom. The maximum atomic E-state index is 5.01. The molecule has 0 saturated heterocycles.